The first kappa shape index (κ1) is 23.6. The maximum Gasteiger partial charge on any atom is 0.411 e. The number of fused-ring (bicyclic) bond motifs is 2. The molecule has 7 nitrogen and oxygen atoms in total. The van der Waals surface area contributed by atoms with Crippen molar-refractivity contribution >= 4 is 39.6 Å². The lowest BCUT2D eigenvalue weighted by atomic mass is 10.2. The zero-order valence-corrected chi connectivity index (χ0v) is 20.8. The van der Waals surface area contributed by atoms with Crippen molar-refractivity contribution in [1.82, 2.24) is 10.2 Å². The van der Waals surface area contributed by atoms with Crippen LogP contribution < -0.4 is 10.6 Å². The number of thiophene rings is 1. The lowest BCUT2D eigenvalue weighted by Gasteiger charge is -2.42. The van der Waals surface area contributed by atoms with Crippen molar-refractivity contribution in [3.8, 4) is 0 Å². The first-order valence-electron chi connectivity index (χ1n) is 12.0. The van der Waals surface area contributed by atoms with Crippen LogP contribution in [0.2, 0.25) is 0 Å². The molecule has 1 fully saturated rings. The van der Waals surface area contributed by atoms with Gasteiger partial charge in [-0.1, -0.05) is 38.3 Å². The second-order valence-electron chi connectivity index (χ2n) is 9.28. The molecule has 0 bridgehead atoms. The van der Waals surface area contributed by atoms with E-state index >= 15 is 0 Å². The van der Waals surface area contributed by atoms with Crippen molar-refractivity contribution in [3.05, 3.63) is 40.8 Å². The summed E-state index contributed by atoms with van der Waals surface area (Å²) in [4.78, 5) is 20.8. The smallest absolute Gasteiger partial charge is 0.399 e. The lowest BCUT2D eigenvalue weighted by molar-refractivity contribution is -0.928. The minimum Gasteiger partial charge on any atom is -0.399 e. The molecule has 3 heterocycles. The van der Waals surface area contributed by atoms with Crippen molar-refractivity contribution in [1.29, 1.82) is 0 Å². The van der Waals surface area contributed by atoms with Crippen LogP contribution in [0.3, 0.4) is 0 Å². The van der Waals surface area contributed by atoms with Crippen LogP contribution in [0.5, 0.6) is 0 Å². The third-order valence-corrected chi connectivity index (χ3v) is 7.37. The van der Waals surface area contributed by atoms with E-state index in [4.69, 9.17) is 9.73 Å². The van der Waals surface area contributed by atoms with E-state index in [1.165, 1.54) is 23.3 Å². The monoisotopic (exact) mass is 470 g/mol. The first-order chi connectivity index (χ1) is 16.0. The van der Waals surface area contributed by atoms with Crippen LogP contribution in [-0.4, -0.2) is 67.8 Å². The molecule has 2 aromatic rings. The number of rotatable bonds is 7. The summed E-state index contributed by atoms with van der Waals surface area (Å²) in [6.07, 6.45) is 4.26. The zero-order chi connectivity index (χ0) is 23.3. The number of benzene rings is 1. The van der Waals surface area contributed by atoms with Crippen LogP contribution in [-0.2, 0) is 4.74 Å². The van der Waals surface area contributed by atoms with E-state index in [1.807, 2.05) is 12.1 Å². The van der Waals surface area contributed by atoms with Gasteiger partial charge in [0.25, 0.3) is 0 Å². The molecular formula is C25H36N5O2S+. The number of para-hydroxylation sites is 2. The van der Waals surface area contributed by atoms with E-state index in [0.717, 1.165) is 65.7 Å². The van der Waals surface area contributed by atoms with Gasteiger partial charge in [0.2, 0.25) is 6.73 Å². The third-order valence-electron chi connectivity index (χ3n) is 6.40. The molecule has 2 aliphatic rings. The Balaban J connectivity index is 1.36. The number of ether oxygens (including phenoxy) is 1. The highest BCUT2D eigenvalue weighted by molar-refractivity contribution is 7.16. The summed E-state index contributed by atoms with van der Waals surface area (Å²) in [5.74, 6) is 1.03. The number of likely N-dealkylation sites (N-methyl/N-ethyl adjacent to an activating group) is 1. The number of nitrogens with one attached hydrogen (secondary N) is 2. The number of carbonyl (C=O) groups is 1. The molecule has 1 saturated heterocycles. The van der Waals surface area contributed by atoms with Gasteiger partial charge >= 0.3 is 6.09 Å². The second kappa shape index (κ2) is 10.6. The number of quaternary nitrogens is 1. The van der Waals surface area contributed by atoms with Crippen molar-refractivity contribution < 1.29 is 14.0 Å². The van der Waals surface area contributed by atoms with E-state index in [9.17, 15) is 4.79 Å². The van der Waals surface area contributed by atoms with Crippen LogP contribution >= 0.6 is 11.3 Å². The molecule has 0 saturated carbocycles. The lowest BCUT2D eigenvalue weighted by Crippen LogP contribution is -2.59. The Morgan fingerprint density at radius 1 is 1.24 bits per heavy atom. The number of amides is 1. The maximum absolute atomic E-state index is 12.1. The molecule has 0 atom stereocenters. The highest BCUT2D eigenvalue weighted by Gasteiger charge is 2.33. The Kier molecular flexibility index (Phi) is 7.55. The van der Waals surface area contributed by atoms with Gasteiger partial charge in [-0.3, -0.25) is 4.48 Å². The van der Waals surface area contributed by atoms with E-state index in [1.54, 1.807) is 11.3 Å². The van der Waals surface area contributed by atoms with Crippen LogP contribution in [0.25, 0.3) is 0 Å². The maximum atomic E-state index is 12.1. The van der Waals surface area contributed by atoms with E-state index < -0.39 is 0 Å². The highest BCUT2D eigenvalue weighted by atomic mass is 32.1. The summed E-state index contributed by atoms with van der Waals surface area (Å²) in [6.45, 7) is 8.95. The Morgan fingerprint density at radius 2 is 2.03 bits per heavy atom. The van der Waals surface area contributed by atoms with Gasteiger partial charge in [0, 0.05) is 11.4 Å². The molecule has 8 heteroatoms. The van der Waals surface area contributed by atoms with E-state index in [0.29, 0.717) is 13.3 Å². The Morgan fingerprint density at radius 3 is 2.82 bits per heavy atom. The van der Waals surface area contributed by atoms with Gasteiger partial charge in [-0.2, -0.15) is 0 Å². The number of piperazine rings is 1. The summed E-state index contributed by atoms with van der Waals surface area (Å²) >= 11 is 1.77. The van der Waals surface area contributed by atoms with Gasteiger partial charge in [0.1, 0.15) is 10.8 Å². The topological polar surface area (TPSA) is 66.0 Å². The van der Waals surface area contributed by atoms with E-state index in [-0.39, 0.29) is 6.09 Å². The Labute approximate surface area is 201 Å². The molecule has 2 N–H and O–H groups in total. The van der Waals surface area contributed by atoms with E-state index in [2.05, 4.69) is 54.6 Å². The number of anilines is 2. The van der Waals surface area contributed by atoms with Gasteiger partial charge in [-0.05, 0) is 31.5 Å². The number of aliphatic imine (C=N–C) groups is 1. The van der Waals surface area contributed by atoms with Gasteiger partial charge in [0.15, 0.2) is 0 Å². The second-order valence-corrected chi connectivity index (χ2v) is 10.5. The predicted octanol–water partition coefficient (Wildman–Crippen LogP) is 5.22. The average molecular weight is 471 g/mol. The van der Waals surface area contributed by atoms with Gasteiger partial charge in [-0.15, -0.1) is 11.3 Å². The highest BCUT2D eigenvalue weighted by Crippen LogP contribution is 2.39. The fourth-order valence-electron chi connectivity index (χ4n) is 4.28. The number of hydrogen-bond acceptors (Lipinski definition) is 6. The predicted molar refractivity (Wildman–Crippen MR) is 136 cm³/mol. The van der Waals surface area contributed by atoms with Crippen LogP contribution in [0.4, 0.5) is 21.2 Å². The standard InChI is InChI=1S/C25H35N5O2S/c1-4-5-6-9-12-26-25(31)32-18-30(3)15-13-29(14-16-30)23-20-17-19(2)33-24(20)28-22-11-8-7-10-21(22)27-23/h7-8,10-11,17H,4-6,9,12-16,18H2,1-3H3,(H-,26,27,28,31)/p+1. The molecule has 2 aliphatic heterocycles. The van der Waals surface area contributed by atoms with Gasteiger partial charge < -0.3 is 20.3 Å². The van der Waals surface area contributed by atoms with Gasteiger partial charge in [0.05, 0.1) is 50.2 Å². The fraction of sp³-hybridized carbons (Fsp3) is 0.520. The summed E-state index contributed by atoms with van der Waals surface area (Å²) in [5, 5.41) is 7.61. The number of hydrogen-bond donors (Lipinski definition) is 2. The zero-order valence-electron chi connectivity index (χ0n) is 20.0. The molecule has 4 rings (SSSR count). The number of aryl methyl sites for hydroxylation is 1. The van der Waals surface area contributed by atoms with Crippen LogP contribution in [0, 0.1) is 6.92 Å². The quantitative estimate of drug-likeness (QED) is 0.430. The number of carbonyl (C=O) groups excluding carboxylic acids is 1. The van der Waals surface area contributed by atoms with Crippen molar-refractivity contribution in [2.24, 2.45) is 4.99 Å². The SMILES string of the molecule is CCCCCCNC(=O)OC[N+]1(C)CCN(C2=Nc3ccccc3Nc3sc(C)cc32)CC1. The normalized spacial score (nSPS) is 16.7. The summed E-state index contributed by atoms with van der Waals surface area (Å²) in [7, 11) is 2.16. The molecule has 0 unspecified atom stereocenters. The number of alkyl carbamates (subject to hydrolysis) is 1. The average Bonchev–Trinajstić information content (AvgIpc) is 3.10. The first-order valence-corrected chi connectivity index (χ1v) is 12.8. The van der Waals surface area contributed by atoms with Crippen molar-refractivity contribution in [3.63, 3.8) is 0 Å². The largest absolute Gasteiger partial charge is 0.411 e. The Hall–Kier alpha value is -2.58. The summed E-state index contributed by atoms with van der Waals surface area (Å²) < 4.78 is 6.28. The molecule has 0 radical (unpaired) electrons. The fourth-order valence-corrected chi connectivity index (χ4v) is 5.20. The number of nitrogens with zero attached hydrogens (tertiary/aromatic N) is 3. The number of unbranched alkanes of at least 4 members (excludes halogenated alkanes) is 3. The molecule has 1 aromatic carbocycles. The van der Waals surface area contributed by atoms with Crippen molar-refractivity contribution in [2.45, 2.75) is 39.5 Å². The van der Waals surface area contributed by atoms with Crippen molar-refractivity contribution in [2.75, 3.05) is 51.8 Å². The molecule has 0 aliphatic carbocycles. The number of amidine groups is 1. The molecule has 178 valence electrons. The van der Waals surface area contributed by atoms with Gasteiger partial charge in [-0.25, -0.2) is 9.79 Å². The van der Waals surface area contributed by atoms with Crippen LogP contribution in [0.15, 0.2) is 35.3 Å². The molecule has 33 heavy (non-hydrogen) atoms. The molecular weight excluding hydrogens is 434 g/mol. The minimum absolute atomic E-state index is 0.303. The van der Waals surface area contributed by atoms with Crippen LogP contribution in [0.1, 0.15) is 43.0 Å². The molecule has 0 spiro atoms. The minimum atomic E-state index is -0.303. The molecule has 1 aromatic heterocycles. The Bertz CT molecular complexity index is 994. The summed E-state index contributed by atoms with van der Waals surface area (Å²) in [6, 6.07) is 10.4. The third kappa shape index (κ3) is 5.86. The molecule has 1 amide bonds. The summed E-state index contributed by atoms with van der Waals surface area (Å²) in [5.41, 5.74) is 3.18.